The second-order valence-corrected chi connectivity index (χ2v) is 18.1. The summed E-state index contributed by atoms with van der Waals surface area (Å²) in [6, 6.07) is 9.90. The van der Waals surface area contributed by atoms with Gasteiger partial charge in [-0.25, -0.2) is 19.4 Å². The highest BCUT2D eigenvalue weighted by Crippen LogP contribution is 2.42. The zero-order chi connectivity index (χ0) is 51.9. The van der Waals surface area contributed by atoms with Gasteiger partial charge in [0.25, 0.3) is 17.4 Å². The van der Waals surface area contributed by atoms with Crippen LogP contribution in [0.5, 0.6) is 5.75 Å². The number of esters is 1. The molecule has 3 atom stereocenters. The lowest BCUT2D eigenvalue weighted by Gasteiger charge is -2.35. The number of phenols is 1. The monoisotopic (exact) mass is 990 g/mol. The van der Waals surface area contributed by atoms with Gasteiger partial charge >= 0.3 is 18.2 Å². The molecule has 0 unspecified atom stereocenters. The van der Waals surface area contributed by atoms with Crippen LogP contribution in [0.4, 0.5) is 15.3 Å². The van der Waals surface area contributed by atoms with Crippen LogP contribution in [0.3, 0.4) is 0 Å². The summed E-state index contributed by atoms with van der Waals surface area (Å²) in [7, 11) is 0. The van der Waals surface area contributed by atoms with Crippen molar-refractivity contribution < 1.29 is 57.7 Å². The number of aromatic hydroxyl groups is 1. The molecule has 0 spiro atoms. The normalized spacial score (nSPS) is 16.3. The van der Waals surface area contributed by atoms with Crippen molar-refractivity contribution in [2.45, 2.75) is 117 Å². The Kier molecular flexibility index (Phi) is 16.0. The fourth-order valence-electron chi connectivity index (χ4n) is 9.15. The van der Waals surface area contributed by atoms with Crippen molar-refractivity contribution in [2.24, 2.45) is 11.7 Å². The van der Waals surface area contributed by atoms with Gasteiger partial charge in [-0.2, -0.15) is 0 Å². The number of cyclic esters (lactones) is 1. The number of pyridine rings is 2. The minimum atomic E-state index is -2.02. The number of fused-ring (bicyclic) bond motifs is 5. The van der Waals surface area contributed by atoms with Crippen LogP contribution in [-0.2, 0) is 74.8 Å². The SMILES string of the molecule is CCc1c2c(nc3ccc(O)cc13)-c1cc3c(c(=O)n1C2)COC(=O)[C@@]3(CC)OC(=O)OCc1ccc(NC(=O)[C@H](CCCNC(N)=O)NC(=O)[C@@H](NC(=O)CCCCCN2C(=O)C=CC2=O)C(C)C)cc1. The third kappa shape index (κ3) is 11.2. The van der Waals surface area contributed by atoms with Gasteiger partial charge in [-0.3, -0.25) is 33.7 Å². The molecule has 0 saturated heterocycles. The Morgan fingerprint density at radius 3 is 2.32 bits per heavy atom. The molecule has 7 amide bonds. The molecule has 0 saturated carbocycles. The van der Waals surface area contributed by atoms with Gasteiger partial charge in [0.15, 0.2) is 0 Å². The zero-order valence-electron chi connectivity index (χ0n) is 40.5. The molecule has 21 heteroatoms. The van der Waals surface area contributed by atoms with Crippen molar-refractivity contribution in [1.29, 1.82) is 0 Å². The van der Waals surface area contributed by atoms with E-state index in [1.165, 1.54) is 18.2 Å². The molecule has 0 aliphatic carbocycles. The van der Waals surface area contributed by atoms with E-state index < -0.39 is 53.2 Å². The van der Waals surface area contributed by atoms with Gasteiger partial charge in [0.05, 0.1) is 29.0 Å². The van der Waals surface area contributed by atoms with Gasteiger partial charge in [0.2, 0.25) is 23.3 Å². The number of primary amides is 1. The average molecular weight is 991 g/mol. The summed E-state index contributed by atoms with van der Waals surface area (Å²) >= 11 is 0. The number of carbonyl (C=O) groups is 8. The third-order valence-electron chi connectivity index (χ3n) is 13.0. The summed E-state index contributed by atoms with van der Waals surface area (Å²) in [6.45, 7) is 7.01. The average Bonchev–Trinajstić information content (AvgIpc) is 3.88. The molecule has 7 N–H and O–H groups in total. The molecule has 0 bridgehead atoms. The van der Waals surface area contributed by atoms with E-state index in [1.807, 2.05) is 6.92 Å². The van der Waals surface area contributed by atoms with Gasteiger partial charge in [-0.1, -0.05) is 46.2 Å². The number of nitrogens with zero attached hydrogens (tertiary/aromatic N) is 3. The largest absolute Gasteiger partial charge is 0.510 e. The Morgan fingerprint density at radius 2 is 1.64 bits per heavy atom. The summed E-state index contributed by atoms with van der Waals surface area (Å²) in [4.78, 5) is 122. The molecule has 4 aromatic rings. The van der Waals surface area contributed by atoms with E-state index in [0.717, 1.165) is 21.4 Å². The highest BCUT2D eigenvalue weighted by molar-refractivity contribution is 6.12. The zero-order valence-corrected chi connectivity index (χ0v) is 40.5. The fourth-order valence-corrected chi connectivity index (χ4v) is 9.15. The first kappa shape index (κ1) is 51.7. The number of ether oxygens (including phenoxy) is 3. The standard InChI is InChI=1S/C51H58N8O13/c1-5-32-33-23-31(60)17-18-37(33)55-44-34(32)25-59-39(44)24-36-35(47(59)66)27-70-48(67)51(36,6-2)72-50(69)71-26-29-13-15-30(16-14-29)54-45(64)38(11-10-21-53-49(52)68)56-46(65)43(28(3)4)57-40(61)12-8-7-9-22-58-41(62)19-20-42(58)63/h13-20,23-24,28,38,43,60H,5-12,21-22,25-27H2,1-4H3,(H,54,64)(H,56,65)(H,57,61)(H3,52,53,68)/t38-,43-,51-/m0/s1. The van der Waals surface area contributed by atoms with Crippen LogP contribution in [-0.4, -0.2) is 92.4 Å². The van der Waals surface area contributed by atoms with Crippen LogP contribution < -0.4 is 32.6 Å². The Morgan fingerprint density at radius 1 is 0.903 bits per heavy atom. The Balaban J connectivity index is 0.970. The van der Waals surface area contributed by atoms with Gasteiger partial charge in [0.1, 0.15) is 31.0 Å². The lowest BCUT2D eigenvalue weighted by Crippen LogP contribution is -2.54. The minimum absolute atomic E-state index is 0.0875. The molecular weight excluding hydrogens is 933 g/mol. The first-order chi connectivity index (χ1) is 34.4. The Hall–Kier alpha value is -8.10. The number of phenolic OH excluding ortho intramolecular Hbond substituents is 1. The van der Waals surface area contributed by atoms with E-state index in [1.54, 1.807) is 67.8 Å². The summed E-state index contributed by atoms with van der Waals surface area (Å²) < 4.78 is 18.3. The number of imide groups is 1. The number of hydrogen-bond acceptors (Lipinski definition) is 14. The summed E-state index contributed by atoms with van der Waals surface area (Å²) in [5.74, 6) is -3.47. The number of unbranched alkanes of at least 4 members (excludes halogenated alkanes) is 2. The van der Waals surface area contributed by atoms with Crippen molar-refractivity contribution in [3.8, 4) is 17.1 Å². The molecule has 0 fully saturated rings. The molecule has 0 radical (unpaired) electrons. The number of aromatic nitrogens is 2. The van der Waals surface area contributed by atoms with E-state index in [2.05, 4.69) is 21.3 Å². The Bertz CT molecular complexity index is 2900. The summed E-state index contributed by atoms with van der Waals surface area (Å²) in [5, 5.41) is 21.7. The number of benzene rings is 2. The van der Waals surface area contributed by atoms with Gasteiger partial charge in [-0.05, 0) is 92.0 Å². The number of nitrogens with two attached hydrogens (primary N) is 1. The van der Waals surface area contributed by atoms with Crippen LogP contribution >= 0.6 is 0 Å². The fraction of sp³-hybridized carbons (Fsp3) is 0.412. The lowest BCUT2D eigenvalue weighted by atomic mass is 9.85. The predicted molar refractivity (Wildman–Crippen MR) is 260 cm³/mol. The predicted octanol–water partition coefficient (Wildman–Crippen LogP) is 4.21. The highest BCUT2D eigenvalue weighted by atomic mass is 16.7. The molecular formula is C51H58N8O13. The first-order valence-electron chi connectivity index (χ1n) is 24.0. The van der Waals surface area contributed by atoms with Crippen LogP contribution in [0.1, 0.15) is 100 Å². The molecule has 21 nitrogen and oxygen atoms in total. The number of rotatable bonds is 21. The van der Waals surface area contributed by atoms with Crippen LogP contribution in [0.15, 0.2) is 65.5 Å². The van der Waals surface area contributed by atoms with Crippen molar-refractivity contribution in [2.75, 3.05) is 18.4 Å². The maximum absolute atomic E-state index is 14.1. The van der Waals surface area contributed by atoms with Crippen molar-refractivity contribution in [3.05, 3.63) is 98.9 Å². The van der Waals surface area contributed by atoms with E-state index in [4.69, 9.17) is 24.9 Å². The second kappa shape index (κ2) is 22.3. The molecule has 3 aliphatic rings. The number of anilines is 1. The van der Waals surface area contributed by atoms with E-state index >= 15 is 0 Å². The molecule has 72 heavy (non-hydrogen) atoms. The van der Waals surface area contributed by atoms with Crippen molar-refractivity contribution >= 4 is 64.3 Å². The number of carbonyl (C=O) groups excluding carboxylic acids is 8. The van der Waals surface area contributed by atoms with Gasteiger partial charge in [-0.15, -0.1) is 0 Å². The van der Waals surface area contributed by atoms with Crippen molar-refractivity contribution in [3.63, 3.8) is 0 Å². The quantitative estimate of drug-likeness (QED) is 0.0341. The van der Waals surface area contributed by atoms with E-state index in [-0.39, 0.29) is 99.0 Å². The number of amides is 7. The van der Waals surface area contributed by atoms with Crippen LogP contribution in [0.25, 0.3) is 22.3 Å². The van der Waals surface area contributed by atoms with Crippen molar-refractivity contribution in [1.82, 2.24) is 30.4 Å². The Labute approximate surface area is 413 Å². The summed E-state index contributed by atoms with van der Waals surface area (Å²) in [6.07, 6.45) is 3.69. The minimum Gasteiger partial charge on any atom is -0.508 e. The molecule has 7 rings (SSSR count). The smallest absolute Gasteiger partial charge is 0.508 e. The number of hydrogen-bond donors (Lipinski definition) is 6. The first-order valence-corrected chi connectivity index (χ1v) is 24.0. The molecule has 5 heterocycles. The van der Waals surface area contributed by atoms with Crippen LogP contribution in [0.2, 0.25) is 0 Å². The molecule has 2 aromatic carbocycles. The highest BCUT2D eigenvalue weighted by Gasteiger charge is 2.51. The molecule has 2 aromatic heterocycles. The maximum atomic E-state index is 14.1. The van der Waals surface area contributed by atoms with E-state index in [9.17, 15) is 48.3 Å². The second-order valence-electron chi connectivity index (χ2n) is 18.1. The van der Waals surface area contributed by atoms with Crippen LogP contribution in [0, 0.1) is 5.92 Å². The summed E-state index contributed by atoms with van der Waals surface area (Å²) in [5.41, 5.74) is 7.22. The molecule has 3 aliphatic heterocycles. The third-order valence-corrected chi connectivity index (χ3v) is 13.0. The number of urea groups is 1. The van der Waals surface area contributed by atoms with E-state index in [0.29, 0.717) is 53.8 Å². The van der Waals surface area contributed by atoms with Gasteiger partial charge in [0, 0.05) is 53.9 Å². The lowest BCUT2D eigenvalue weighted by molar-refractivity contribution is -0.175. The topological polar surface area (TPSA) is 297 Å². The molecule has 380 valence electrons. The number of nitrogens with one attached hydrogen (secondary N) is 4. The number of aryl methyl sites for hydroxylation is 1. The maximum Gasteiger partial charge on any atom is 0.510 e. The van der Waals surface area contributed by atoms with Gasteiger partial charge < -0.3 is 50.9 Å².